The number of nitrogens with zero attached hydrogens (tertiary/aromatic N) is 1. The van der Waals surface area contributed by atoms with Crippen LogP contribution >= 0.6 is 0 Å². The topological polar surface area (TPSA) is 32.3 Å². The van der Waals surface area contributed by atoms with E-state index in [0.29, 0.717) is 12.5 Å². The van der Waals surface area contributed by atoms with E-state index in [9.17, 15) is 4.79 Å². The Morgan fingerprint density at radius 2 is 1.95 bits per heavy atom. The summed E-state index contributed by atoms with van der Waals surface area (Å²) in [4.78, 5) is 14.3. The molecule has 0 heterocycles. The van der Waals surface area contributed by atoms with Crippen LogP contribution in [0.1, 0.15) is 37.7 Å². The molecular formula is C19H28N2O. The van der Waals surface area contributed by atoms with Crippen molar-refractivity contribution in [1.82, 2.24) is 10.2 Å². The van der Waals surface area contributed by atoms with E-state index in [-0.39, 0.29) is 5.91 Å². The molecule has 1 N–H and O–H groups in total. The van der Waals surface area contributed by atoms with Crippen LogP contribution in [0.2, 0.25) is 0 Å². The maximum absolute atomic E-state index is 12.2. The van der Waals surface area contributed by atoms with E-state index >= 15 is 0 Å². The van der Waals surface area contributed by atoms with Crippen LogP contribution in [-0.2, 0) is 11.3 Å². The standard InChI is InChI=1S/C19H28N2O/c1-2-13-21(15-18-11-7-4-8-12-18)16-19(22)20-14-17-9-5-3-6-10-17/h2,4,7-8,11-12,17H,1,3,5-6,9-10,13-16H2,(H,20,22). The summed E-state index contributed by atoms with van der Waals surface area (Å²) in [5.41, 5.74) is 1.23. The lowest BCUT2D eigenvalue weighted by atomic mass is 9.89. The van der Waals surface area contributed by atoms with E-state index in [4.69, 9.17) is 0 Å². The zero-order valence-electron chi connectivity index (χ0n) is 13.5. The molecule has 1 amide bonds. The van der Waals surface area contributed by atoms with Crippen LogP contribution < -0.4 is 5.32 Å². The van der Waals surface area contributed by atoms with Gasteiger partial charge in [0.2, 0.25) is 5.91 Å². The summed E-state index contributed by atoms with van der Waals surface area (Å²) in [5.74, 6) is 0.808. The van der Waals surface area contributed by atoms with E-state index in [1.807, 2.05) is 24.3 Å². The van der Waals surface area contributed by atoms with Gasteiger partial charge in [-0.25, -0.2) is 0 Å². The van der Waals surface area contributed by atoms with E-state index in [1.165, 1.54) is 37.7 Å². The highest BCUT2D eigenvalue weighted by Crippen LogP contribution is 2.22. The molecule has 0 aromatic heterocycles. The molecule has 120 valence electrons. The van der Waals surface area contributed by atoms with Gasteiger partial charge in [0.25, 0.3) is 0 Å². The van der Waals surface area contributed by atoms with Crippen LogP contribution in [-0.4, -0.2) is 30.4 Å². The van der Waals surface area contributed by atoms with Crippen LogP contribution in [0.4, 0.5) is 0 Å². The molecule has 0 saturated heterocycles. The predicted octanol–water partition coefficient (Wildman–Crippen LogP) is 3.37. The number of carbonyl (C=O) groups is 1. The second-order valence-electron chi connectivity index (χ2n) is 6.25. The molecule has 1 aromatic rings. The lowest BCUT2D eigenvalue weighted by Crippen LogP contribution is -2.39. The summed E-state index contributed by atoms with van der Waals surface area (Å²) in [6.45, 7) is 6.58. The number of hydrogen-bond donors (Lipinski definition) is 1. The van der Waals surface area contributed by atoms with Gasteiger partial charge in [-0.2, -0.15) is 0 Å². The molecule has 3 nitrogen and oxygen atoms in total. The number of rotatable bonds is 8. The fourth-order valence-electron chi connectivity index (χ4n) is 3.12. The molecule has 1 aromatic carbocycles. The van der Waals surface area contributed by atoms with Crippen LogP contribution in [0.5, 0.6) is 0 Å². The zero-order valence-corrected chi connectivity index (χ0v) is 13.5. The Kier molecular flexibility index (Phi) is 7.17. The van der Waals surface area contributed by atoms with Gasteiger partial charge in [-0.15, -0.1) is 6.58 Å². The maximum Gasteiger partial charge on any atom is 0.234 e. The minimum absolute atomic E-state index is 0.128. The number of benzene rings is 1. The van der Waals surface area contributed by atoms with Crippen LogP contribution in [0.15, 0.2) is 43.0 Å². The molecule has 0 bridgehead atoms. The number of hydrogen-bond acceptors (Lipinski definition) is 2. The molecule has 1 fully saturated rings. The highest BCUT2D eigenvalue weighted by molar-refractivity contribution is 5.78. The molecule has 3 heteroatoms. The molecule has 1 aliphatic carbocycles. The van der Waals surface area contributed by atoms with Crippen molar-refractivity contribution in [2.24, 2.45) is 5.92 Å². The van der Waals surface area contributed by atoms with Crippen molar-refractivity contribution in [3.8, 4) is 0 Å². The number of nitrogens with one attached hydrogen (secondary N) is 1. The van der Waals surface area contributed by atoms with Gasteiger partial charge in [0.05, 0.1) is 6.54 Å². The Morgan fingerprint density at radius 1 is 1.23 bits per heavy atom. The van der Waals surface area contributed by atoms with Gasteiger partial charge < -0.3 is 5.32 Å². The molecule has 22 heavy (non-hydrogen) atoms. The van der Waals surface area contributed by atoms with E-state index < -0.39 is 0 Å². The number of carbonyl (C=O) groups excluding carboxylic acids is 1. The Morgan fingerprint density at radius 3 is 2.64 bits per heavy atom. The summed E-state index contributed by atoms with van der Waals surface area (Å²) in [5, 5.41) is 3.11. The highest BCUT2D eigenvalue weighted by Gasteiger charge is 2.15. The van der Waals surface area contributed by atoms with Gasteiger partial charge in [0, 0.05) is 19.6 Å². The largest absolute Gasteiger partial charge is 0.355 e. The molecule has 0 atom stereocenters. The first-order valence-corrected chi connectivity index (χ1v) is 8.42. The Hall–Kier alpha value is -1.61. The molecule has 0 unspecified atom stereocenters. The predicted molar refractivity (Wildman–Crippen MR) is 91.5 cm³/mol. The summed E-state index contributed by atoms with van der Waals surface area (Å²) in [7, 11) is 0. The van der Waals surface area contributed by atoms with Crippen molar-refractivity contribution in [1.29, 1.82) is 0 Å². The van der Waals surface area contributed by atoms with Crippen molar-refractivity contribution in [2.75, 3.05) is 19.6 Å². The lowest BCUT2D eigenvalue weighted by Gasteiger charge is -2.23. The third kappa shape index (κ3) is 6.02. The fraction of sp³-hybridized carbons (Fsp3) is 0.526. The van der Waals surface area contributed by atoms with Gasteiger partial charge in [0.1, 0.15) is 0 Å². The van der Waals surface area contributed by atoms with E-state index in [1.54, 1.807) is 0 Å². The van der Waals surface area contributed by atoms with Crippen LogP contribution in [0.3, 0.4) is 0 Å². The normalized spacial score (nSPS) is 15.7. The highest BCUT2D eigenvalue weighted by atomic mass is 16.2. The Labute approximate surface area is 134 Å². The molecular weight excluding hydrogens is 272 g/mol. The molecule has 0 spiro atoms. The molecule has 2 rings (SSSR count). The minimum atomic E-state index is 0.128. The third-order valence-corrected chi connectivity index (χ3v) is 4.32. The average molecular weight is 300 g/mol. The van der Waals surface area contributed by atoms with Crippen molar-refractivity contribution < 1.29 is 4.79 Å². The van der Waals surface area contributed by atoms with Gasteiger partial charge in [-0.3, -0.25) is 9.69 Å². The minimum Gasteiger partial charge on any atom is -0.355 e. The third-order valence-electron chi connectivity index (χ3n) is 4.32. The average Bonchev–Trinajstić information content (AvgIpc) is 2.55. The summed E-state index contributed by atoms with van der Waals surface area (Å²) in [6.07, 6.45) is 8.38. The molecule has 1 aliphatic rings. The van der Waals surface area contributed by atoms with Gasteiger partial charge in [0.15, 0.2) is 0 Å². The van der Waals surface area contributed by atoms with Crippen molar-refractivity contribution in [3.05, 3.63) is 48.6 Å². The second-order valence-corrected chi connectivity index (χ2v) is 6.25. The van der Waals surface area contributed by atoms with Crippen molar-refractivity contribution >= 4 is 5.91 Å². The summed E-state index contributed by atoms with van der Waals surface area (Å²) in [6, 6.07) is 10.3. The van der Waals surface area contributed by atoms with Gasteiger partial charge in [-0.1, -0.05) is 55.7 Å². The Bertz CT molecular complexity index is 452. The first-order chi connectivity index (χ1) is 10.8. The Balaban J connectivity index is 1.76. The lowest BCUT2D eigenvalue weighted by molar-refractivity contribution is -0.122. The molecule has 1 saturated carbocycles. The van der Waals surface area contributed by atoms with Crippen molar-refractivity contribution in [3.63, 3.8) is 0 Å². The maximum atomic E-state index is 12.2. The first-order valence-electron chi connectivity index (χ1n) is 8.42. The quantitative estimate of drug-likeness (QED) is 0.747. The van der Waals surface area contributed by atoms with E-state index in [0.717, 1.165) is 19.6 Å². The van der Waals surface area contributed by atoms with Gasteiger partial charge >= 0.3 is 0 Å². The summed E-state index contributed by atoms with van der Waals surface area (Å²) >= 11 is 0. The zero-order chi connectivity index (χ0) is 15.6. The van der Waals surface area contributed by atoms with E-state index in [2.05, 4.69) is 28.9 Å². The first kappa shape index (κ1) is 16.8. The summed E-state index contributed by atoms with van der Waals surface area (Å²) < 4.78 is 0. The molecule has 0 radical (unpaired) electrons. The number of amides is 1. The van der Waals surface area contributed by atoms with Crippen LogP contribution in [0.25, 0.3) is 0 Å². The van der Waals surface area contributed by atoms with Crippen molar-refractivity contribution in [2.45, 2.75) is 38.6 Å². The SMILES string of the molecule is C=CCN(CC(=O)NCC1CCCCC1)Cc1ccccc1. The van der Waals surface area contributed by atoms with Crippen LogP contribution in [0, 0.1) is 5.92 Å². The fourth-order valence-corrected chi connectivity index (χ4v) is 3.12. The smallest absolute Gasteiger partial charge is 0.234 e. The monoisotopic (exact) mass is 300 g/mol. The molecule has 0 aliphatic heterocycles. The second kappa shape index (κ2) is 9.42. The van der Waals surface area contributed by atoms with Gasteiger partial charge in [-0.05, 0) is 24.3 Å².